The van der Waals surface area contributed by atoms with Crippen molar-refractivity contribution in [1.82, 2.24) is 15.2 Å². The third-order valence-electron chi connectivity index (χ3n) is 3.21. The van der Waals surface area contributed by atoms with Gasteiger partial charge in [-0.05, 0) is 38.2 Å². The highest BCUT2D eigenvalue weighted by molar-refractivity contribution is 5.11. The molecule has 0 saturated carbocycles. The van der Waals surface area contributed by atoms with Crippen molar-refractivity contribution in [2.24, 2.45) is 0 Å². The number of pyridine rings is 1. The number of nitrogens with zero attached hydrogens (tertiary/aromatic N) is 2. The molecule has 0 saturated heterocycles. The quantitative estimate of drug-likeness (QED) is 0.849. The highest BCUT2D eigenvalue weighted by atomic mass is 16.3. The van der Waals surface area contributed by atoms with Crippen LogP contribution >= 0.6 is 0 Å². The second kappa shape index (κ2) is 7.38. The van der Waals surface area contributed by atoms with Crippen LogP contribution in [0.3, 0.4) is 0 Å². The van der Waals surface area contributed by atoms with E-state index in [0.717, 1.165) is 42.5 Å². The van der Waals surface area contributed by atoms with E-state index in [1.165, 1.54) is 0 Å². The largest absolute Gasteiger partial charge is 0.465 e. The fraction of sp³-hybridized carbons (Fsp3) is 0.471. The maximum Gasteiger partial charge on any atom is 0.118 e. The molecule has 0 fully saturated rings. The summed E-state index contributed by atoms with van der Waals surface area (Å²) in [7, 11) is 2.08. The molecule has 2 heterocycles. The third-order valence-corrected chi connectivity index (χ3v) is 3.21. The molecule has 0 radical (unpaired) electrons. The molecular formula is C17H25N3O. The van der Waals surface area contributed by atoms with Crippen molar-refractivity contribution in [3.8, 4) is 0 Å². The summed E-state index contributed by atoms with van der Waals surface area (Å²) in [5.41, 5.74) is 2.17. The number of hydrogen-bond donors (Lipinski definition) is 1. The summed E-state index contributed by atoms with van der Waals surface area (Å²) < 4.78 is 5.61. The Kier molecular flexibility index (Phi) is 5.53. The molecule has 21 heavy (non-hydrogen) atoms. The fourth-order valence-electron chi connectivity index (χ4n) is 2.19. The van der Waals surface area contributed by atoms with Crippen LogP contribution in [0, 0.1) is 6.92 Å². The van der Waals surface area contributed by atoms with Crippen molar-refractivity contribution in [2.45, 2.75) is 46.4 Å². The van der Waals surface area contributed by atoms with Crippen LogP contribution in [-0.4, -0.2) is 23.0 Å². The van der Waals surface area contributed by atoms with Gasteiger partial charge in [-0.15, -0.1) is 0 Å². The molecule has 2 aromatic heterocycles. The molecule has 2 aromatic rings. The number of aromatic nitrogens is 1. The summed E-state index contributed by atoms with van der Waals surface area (Å²) >= 11 is 0. The van der Waals surface area contributed by atoms with Crippen LogP contribution in [0.2, 0.25) is 0 Å². The van der Waals surface area contributed by atoms with Crippen LogP contribution < -0.4 is 5.32 Å². The first-order chi connectivity index (χ1) is 10.0. The van der Waals surface area contributed by atoms with Crippen molar-refractivity contribution in [3.05, 3.63) is 53.2 Å². The van der Waals surface area contributed by atoms with E-state index >= 15 is 0 Å². The van der Waals surface area contributed by atoms with Crippen molar-refractivity contribution < 1.29 is 4.42 Å². The van der Waals surface area contributed by atoms with E-state index in [2.05, 4.69) is 49.3 Å². The van der Waals surface area contributed by atoms with Gasteiger partial charge in [-0.25, -0.2) is 0 Å². The minimum atomic E-state index is 0.473. The molecule has 0 aromatic carbocycles. The lowest BCUT2D eigenvalue weighted by atomic mass is 10.2. The Labute approximate surface area is 127 Å². The summed E-state index contributed by atoms with van der Waals surface area (Å²) in [6.07, 6.45) is 0. The minimum absolute atomic E-state index is 0.473. The summed E-state index contributed by atoms with van der Waals surface area (Å²) in [6.45, 7) is 8.67. The van der Waals surface area contributed by atoms with Crippen molar-refractivity contribution >= 4 is 0 Å². The van der Waals surface area contributed by atoms with Gasteiger partial charge < -0.3 is 9.73 Å². The first-order valence-corrected chi connectivity index (χ1v) is 7.45. The minimum Gasteiger partial charge on any atom is -0.465 e. The number of furan rings is 1. The number of hydrogen-bond acceptors (Lipinski definition) is 4. The van der Waals surface area contributed by atoms with Crippen LogP contribution in [-0.2, 0) is 19.6 Å². The van der Waals surface area contributed by atoms with Gasteiger partial charge >= 0.3 is 0 Å². The molecule has 0 unspecified atom stereocenters. The molecule has 1 N–H and O–H groups in total. The Morgan fingerprint density at radius 1 is 1.14 bits per heavy atom. The average molecular weight is 287 g/mol. The fourth-order valence-corrected chi connectivity index (χ4v) is 2.19. The first-order valence-electron chi connectivity index (χ1n) is 7.45. The SMILES string of the molecule is Cc1ccc(CN(C)Cc2cccc(CNC(C)C)n2)o1. The molecule has 2 rings (SSSR count). The summed E-state index contributed by atoms with van der Waals surface area (Å²) in [6, 6.07) is 10.7. The molecule has 0 atom stereocenters. The predicted octanol–water partition coefficient (Wildman–Crippen LogP) is 3.11. The molecule has 114 valence electrons. The van der Waals surface area contributed by atoms with Gasteiger partial charge in [0.15, 0.2) is 0 Å². The van der Waals surface area contributed by atoms with Gasteiger partial charge in [0.05, 0.1) is 17.9 Å². The van der Waals surface area contributed by atoms with Gasteiger partial charge in [-0.2, -0.15) is 0 Å². The lowest BCUT2D eigenvalue weighted by Crippen LogP contribution is -2.23. The van der Waals surface area contributed by atoms with Crippen LogP contribution in [0.15, 0.2) is 34.7 Å². The van der Waals surface area contributed by atoms with Crippen molar-refractivity contribution in [2.75, 3.05) is 7.05 Å². The van der Waals surface area contributed by atoms with Crippen LogP contribution in [0.4, 0.5) is 0 Å². The highest BCUT2D eigenvalue weighted by Gasteiger charge is 2.06. The summed E-state index contributed by atoms with van der Waals surface area (Å²) in [5, 5.41) is 3.39. The molecule has 0 aliphatic carbocycles. The molecular weight excluding hydrogens is 262 g/mol. The molecule has 0 amide bonds. The molecule has 4 nitrogen and oxygen atoms in total. The summed E-state index contributed by atoms with van der Waals surface area (Å²) in [4.78, 5) is 6.91. The summed E-state index contributed by atoms with van der Waals surface area (Å²) in [5.74, 6) is 1.95. The zero-order valence-electron chi connectivity index (χ0n) is 13.4. The molecule has 4 heteroatoms. The van der Waals surface area contributed by atoms with E-state index in [1.807, 2.05) is 19.1 Å². The first kappa shape index (κ1) is 15.7. The molecule has 0 spiro atoms. The van der Waals surface area contributed by atoms with Gasteiger partial charge in [0.25, 0.3) is 0 Å². The molecule has 0 bridgehead atoms. The number of nitrogens with one attached hydrogen (secondary N) is 1. The van der Waals surface area contributed by atoms with Gasteiger partial charge in [0.1, 0.15) is 11.5 Å². The van der Waals surface area contributed by atoms with E-state index in [-0.39, 0.29) is 0 Å². The van der Waals surface area contributed by atoms with Gasteiger partial charge in [-0.1, -0.05) is 19.9 Å². The van der Waals surface area contributed by atoms with Crippen LogP contribution in [0.5, 0.6) is 0 Å². The zero-order chi connectivity index (χ0) is 15.2. The monoisotopic (exact) mass is 287 g/mol. The number of aryl methyl sites for hydroxylation is 1. The van der Waals surface area contributed by atoms with E-state index < -0.39 is 0 Å². The molecule has 0 aliphatic rings. The second-order valence-electron chi connectivity index (χ2n) is 5.84. The second-order valence-corrected chi connectivity index (χ2v) is 5.84. The van der Waals surface area contributed by atoms with Crippen molar-refractivity contribution in [3.63, 3.8) is 0 Å². The number of rotatable bonds is 7. The average Bonchev–Trinajstić information content (AvgIpc) is 2.82. The van der Waals surface area contributed by atoms with Gasteiger partial charge in [-0.3, -0.25) is 9.88 Å². The molecule has 0 aliphatic heterocycles. The van der Waals surface area contributed by atoms with E-state index in [0.29, 0.717) is 6.04 Å². The normalized spacial score (nSPS) is 11.5. The lowest BCUT2D eigenvalue weighted by Gasteiger charge is -2.15. The van der Waals surface area contributed by atoms with Gasteiger partial charge in [0, 0.05) is 19.1 Å². The Morgan fingerprint density at radius 2 is 1.90 bits per heavy atom. The third kappa shape index (κ3) is 5.33. The maximum absolute atomic E-state index is 5.61. The van der Waals surface area contributed by atoms with E-state index in [4.69, 9.17) is 9.40 Å². The Balaban J connectivity index is 1.91. The Hall–Kier alpha value is -1.65. The predicted molar refractivity (Wildman–Crippen MR) is 84.8 cm³/mol. The Bertz CT molecular complexity index is 563. The van der Waals surface area contributed by atoms with Gasteiger partial charge in [0.2, 0.25) is 0 Å². The smallest absolute Gasteiger partial charge is 0.118 e. The van der Waals surface area contributed by atoms with Crippen LogP contribution in [0.25, 0.3) is 0 Å². The highest BCUT2D eigenvalue weighted by Crippen LogP contribution is 2.10. The Morgan fingerprint density at radius 3 is 2.57 bits per heavy atom. The van der Waals surface area contributed by atoms with Crippen molar-refractivity contribution in [1.29, 1.82) is 0 Å². The van der Waals surface area contributed by atoms with Crippen LogP contribution in [0.1, 0.15) is 36.8 Å². The standard InChI is InChI=1S/C17H25N3O/c1-13(2)18-10-15-6-5-7-16(19-15)11-20(4)12-17-9-8-14(3)21-17/h5-9,13,18H,10-12H2,1-4H3. The van der Waals surface area contributed by atoms with E-state index in [1.54, 1.807) is 0 Å². The maximum atomic E-state index is 5.61. The van der Waals surface area contributed by atoms with E-state index in [9.17, 15) is 0 Å². The zero-order valence-corrected chi connectivity index (χ0v) is 13.4. The topological polar surface area (TPSA) is 41.3 Å². The lowest BCUT2D eigenvalue weighted by molar-refractivity contribution is 0.282.